The number of aromatic nitrogens is 1. The third-order valence-corrected chi connectivity index (χ3v) is 4.77. The number of amides is 1. The first kappa shape index (κ1) is 16.5. The summed E-state index contributed by atoms with van der Waals surface area (Å²) in [6.45, 7) is 3.94. The van der Waals surface area contributed by atoms with Gasteiger partial charge in [0.1, 0.15) is 0 Å². The molecular weight excluding hydrogens is 322 g/mol. The molecule has 0 atom stereocenters. The van der Waals surface area contributed by atoms with E-state index >= 15 is 0 Å². The molecule has 1 aliphatic carbocycles. The van der Waals surface area contributed by atoms with Crippen LogP contribution < -0.4 is 5.43 Å². The predicted octanol–water partition coefficient (Wildman–Crippen LogP) is 4.57. The number of para-hydroxylation sites is 1. The molecule has 4 heteroatoms. The Morgan fingerprint density at radius 2 is 1.85 bits per heavy atom. The minimum atomic E-state index is -0.197. The van der Waals surface area contributed by atoms with E-state index in [1.165, 1.54) is 5.56 Å². The zero-order valence-electron chi connectivity index (χ0n) is 15.0. The van der Waals surface area contributed by atoms with Gasteiger partial charge in [-0.15, -0.1) is 0 Å². The van der Waals surface area contributed by atoms with Gasteiger partial charge in [-0.05, 0) is 44.4 Å². The first-order chi connectivity index (χ1) is 12.6. The molecule has 1 amide bonds. The van der Waals surface area contributed by atoms with E-state index in [1.54, 1.807) is 0 Å². The molecule has 0 unspecified atom stereocenters. The molecule has 26 heavy (non-hydrogen) atoms. The summed E-state index contributed by atoms with van der Waals surface area (Å²) in [5, 5.41) is 5.15. The Bertz CT molecular complexity index is 1000. The number of fused-ring (bicyclic) bond motifs is 1. The Balaban J connectivity index is 1.63. The molecule has 1 aliphatic rings. The van der Waals surface area contributed by atoms with E-state index in [4.69, 9.17) is 4.98 Å². The Kier molecular flexibility index (Phi) is 4.25. The molecule has 3 aromatic rings. The second-order valence-corrected chi connectivity index (χ2v) is 6.89. The monoisotopic (exact) mass is 343 g/mol. The maximum atomic E-state index is 12.8. The zero-order valence-corrected chi connectivity index (χ0v) is 15.0. The number of benzene rings is 2. The van der Waals surface area contributed by atoms with Gasteiger partial charge in [0.15, 0.2) is 0 Å². The molecule has 0 spiro atoms. The number of nitrogens with one attached hydrogen (secondary N) is 1. The fraction of sp³-hybridized carbons (Fsp3) is 0.227. The van der Waals surface area contributed by atoms with Crippen LogP contribution in [0.15, 0.2) is 59.7 Å². The van der Waals surface area contributed by atoms with Crippen molar-refractivity contribution < 1.29 is 4.79 Å². The van der Waals surface area contributed by atoms with Gasteiger partial charge in [-0.1, -0.05) is 48.0 Å². The van der Waals surface area contributed by atoms with Crippen LogP contribution in [0.4, 0.5) is 0 Å². The third-order valence-electron chi connectivity index (χ3n) is 4.77. The van der Waals surface area contributed by atoms with E-state index in [0.29, 0.717) is 11.5 Å². The van der Waals surface area contributed by atoms with Crippen molar-refractivity contribution in [3.63, 3.8) is 0 Å². The maximum Gasteiger partial charge on any atom is 0.272 e. The van der Waals surface area contributed by atoms with Crippen molar-refractivity contribution in [3.8, 4) is 0 Å². The van der Waals surface area contributed by atoms with Crippen LogP contribution in [-0.2, 0) is 0 Å². The van der Waals surface area contributed by atoms with E-state index in [1.807, 2.05) is 68.4 Å². The zero-order chi connectivity index (χ0) is 18.1. The Hall–Kier alpha value is -3.01. The van der Waals surface area contributed by atoms with Crippen molar-refractivity contribution in [2.75, 3.05) is 0 Å². The molecule has 1 fully saturated rings. The number of hydrazone groups is 1. The van der Waals surface area contributed by atoms with E-state index in [2.05, 4.69) is 10.5 Å². The third kappa shape index (κ3) is 3.36. The highest BCUT2D eigenvalue weighted by Gasteiger charge is 2.26. The van der Waals surface area contributed by atoms with Crippen molar-refractivity contribution in [1.29, 1.82) is 0 Å². The van der Waals surface area contributed by atoms with Crippen LogP contribution in [0, 0.1) is 6.92 Å². The first-order valence-electron chi connectivity index (χ1n) is 8.93. The summed E-state index contributed by atoms with van der Waals surface area (Å²) in [4.78, 5) is 17.5. The molecule has 130 valence electrons. The second kappa shape index (κ2) is 6.71. The van der Waals surface area contributed by atoms with Gasteiger partial charge in [-0.25, -0.2) is 5.43 Å². The van der Waals surface area contributed by atoms with Gasteiger partial charge in [0.2, 0.25) is 0 Å². The molecule has 1 saturated carbocycles. The minimum Gasteiger partial charge on any atom is -0.267 e. The van der Waals surface area contributed by atoms with Gasteiger partial charge in [0, 0.05) is 17.0 Å². The van der Waals surface area contributed by atoms with Crippen LogP contribution >= 0.6 is 0 Å². The van der Waals surface area contributed by atoms with Gasteiger partial charge in [0.25, 0.3) is 5.91 Å². The van der Waals surface area contributed by atoms with Crippen LogP contribution in [-0.4, -0.2) is 16.6 Å². The summed E-state index contributed by atoms with van der Waals surface area (Å²) in [5.41, 5.74) is 8.19. The average molecular weight is 343 g/mol. The van der Waals surface area contributed by atoms with E-state index in [9.17, 15) is 4.79 Å². The summed E-state index contributed by atoms with van der Waals surface area (Å²) in [7, 11) is 0. The fourth-order valence-electron chi connectivity index (χ4n) is 3.03. The molecule has 0 saturated heterocycles. The molecule has 0 aliphatic heterocycles. The maximum absolute atomic E-state index is 12.8. The number of hydrogen-bond acceptors (Lipinski definition) is 3. The summed E-state index contributed by atoms with van der Waals surface area (Å²) in [6.07, 6.45) is 2.30. The summed E-state index contributed by atoms with van der Waals surface area (Å²) in [6, 6.07) is 17.8. The van der Waals surface area contributed by atoms with Crippen molar-refractivity contribution in [2.24, 2.45) is 5.10 Å². The van der Waals surface area contributed by atoms with Crippen molar-refractivity contribution >= 4 is 22.5 Å². The van der Waals surface area contributed by atoms with E-state index in [-0.39, 0.29) is 5.91 Å². The Labute approximate surface area is 153 Å². The highest BCUT2D eigenvalue weighted by Crippen LogP contribution is 2.40. The van der Waals surface area contributed by atoms with Crippen molar-refractivity contribution in [3.05, 3.63) is 77.0 Å². The Morgan fingerprint density at radius 3 is 2.58 bits per heavy atom. The van der Waals surface area contributed by atoms with Crippen LogP contribution in [0.2, 0.25) is 0 Å². The van der Waals surface area contributed by atoms with E-state index < -0.39 is 0 Å². The molecule has 1 N–H and O–H groups in total. The highest BCUT2D eigenvalue weighted by molar-refractivity contribution is 6.07. The van der Waals surface area contributed by atoms with Crippen LogP contribution in [0.25, 0.3) is 10.9 Å². The fourth-order valence-corrected chi connectivity index (χ4v) is 3.03. The van der Waals surface area contributed by atoms with Gasteiger partial charge >= 0.3 is 0 Å². The molecule has 4 nitrogen and oxygen atoms in total. The predicted molar refractivity (Wildman–Crippen MR) is 105 cm³/mol. The topological polar surface area (TPSA) is 54.4 Å². The highest BCUT2D eigenvalue weighted by atomic mass is 16.2. The lowest BCUT2D eigenvalue weighted by Crippen LogP contribution is -2.20. The van der Waals surface area contributed by atoms with Gasteiger partial charge in [-0.2, -0.15) is 5.10 Å². The second-order valence-electron chi connectivity index (χ2n) is 6.89. The van der Waals surface area contributed by atoms with Gasteiger partial charge < -0.3 is 0 Å². The molecular formula is C22H21N3O. The molecule has 0 bridgehead atoms. The normalized spacial score (nSPS) is 14.5. The lowest BCUT2D eigenvalue weighted by Gasteiger charge is -2.09. The standard InChI is InChI=1S/C22H21N3O/c1-14-7-9-16(10-8-14)15(2)24-25-22(26)19-13-21(17-11-12-17)23-20-6-4-3-5-18(19)20/h3-10,13,17H,11-12H2,1-2H3,(H,25,26)/b24-15+. The van der Waals surface area contributed by atoms with Crippen LogP contribution in [0.3, 0.4) is 0 Å². The first-order valence-corrected chi connectivity index (χ1v) is 8.93. The number of nitrogens with zero attached hydrogens (tertiary/aromatic N) is 2. The van der Waals surface area contributed by atoms with Crippen LogP contribution in [0.1, 0.15) is 52.9 Å². The number of hydrogen-bond donors (Lipinski definition) is 1. The average Bonchev–Trinajstić information content (AvgIpc) is 3.51. The lowest BCUT2D eigenvalue weighted by molar-refractivity contribution is 0.0956. The van der Waals surface area contributed by atoms with Crippen molar-refractivity contribution in [1.82, 2.24) is 10.4 Å². The van der Waals surface area contributed by atoms with Gasteiger partial charge in [-0.3, -0.25) is 9.78 Å². The molecule has 1 heterocycles. The number of carbonyl (C=O) groups excluding carboxylic acids is 1. The summed E-state index contributed by atoms with van der Waals surface area (Å²) < 4.78 is 0. The summed E-state index contributed by atoms with van der Waals surface area (Å²) >= 11 is 0. The smallest absolute Gasteiger partial charge is 0.267 e. The number of rotatable bonds is 4. The van der Waals surface area contributed by atoms with E-state index in [0.717, 1.165) is 40.7 Å². The largest absolute Gasteiger partial charge is 0.272 e. The molecule has 0 radical (unpaired) electrons. The quantitative estimate of drug-likeness (QED) is 0.557. The summed E-state index contributed by atoms with van der Waals surface area (Å²) in [5.74, 6) is 0.293. The number of aryl methyl sites for hydroxylation is 1. The van der Waals surface area contributed by atoms with Crippen LogP contribution in [0.5, 0.6) is 0 Å². The number of carbonyl (C=O) groups is 1. The molecule has 1 aromatic heterocycles. The molecule has 2 aromatic carbocycles. The van der Waals surface area contributed by atoms with Gasteiger partial charge in [0.05, 0.1) is 16.8 Å². The minimum absolute atomic E-state index is 0.197. The molecule has 4 rings (SSSR count). The lowest BCUT2D eigenvalue weighted by atomic mass is 10.1. The SMILES string of the molecule is C/C(=N\NC(=O)c1cc(C2CC2)nc2ccccc12)c1ccc(C)cc1. The van der Waals surface area contributed by atoms with Crippen molar-refractivity contribution in [2.45, 2.75) is 32.6 Å². The number of pyridine rings is 1. The Morgan fingerprint density at radius 1 is 1.12 bits per heavy atom.